The van der Waals surface area contributed by atoms with Crippen LogP contribution in [0.5, 0.6) is 5.75 Å². The van der Waals surface area contributed by atoms with Crippen LogP contribution in [0.4, 0.5) is 5.69 Å². The predicted octanol–water partition coefficient (Wildman–Crippen LogP) is 5.26. The number of rotatable bonds is 0. The Kier molecular flexibility index (Phi) is 3.11. The number of hydrogen-bond donors (Lipinski definition) is 0. The molecule has 0 aromatic heterocycles. The second-order valence-corrected chi connectivity index (χ2v) is 8.94. The molecule has 3 heterocycles. The van der Waals surface area contributed by atoms with Crippen molar-refractivity contribution < 1.29 is 4.74 Å². The molecule has 3 nitrogen and oxygen atoms in total. The van der Waals surface area contributed by atoms with Gasteiger partial charge < -0.3 is 9.64 Å². The van der Waals surface area contributed by atoms with Gasteiger partial charge in [0.15, 0.2) is 5.17 Å². The van der Waals surface area contributed by atoms with Crippen molar-refractivity contribution in [1.29, 1.82) is 0 Å². The fourth-order valence-electron chi connectivity index (χ4n) is 4.02. The smallest absolute Gasteiger partial charge is 0.169 e. The molecule has 0 aliphatic carbocycles. The highest BCUT2D eigenvalue weighted by Crippen LogP contribution is 2.54. The molecule has 24 heavy (non-hydrogen) atoms. The Morgan fingerprint density at radius 3 is 2.96 bits per heavy atom. The summed E-state index contributed by atoms with van der Waals surface area (Å²) in [6.45, 7) is 5.33. The van der Waals surface area contributed by atoms with Gasteiger partial charge in [0, 0.05) is 26.4 Å². The van der Waals surface area contributed by atoms with Crippen molar-refractivity contribution >= 4 is 38.5 Å². The number of anilines is 1. The molecule has 5 rings (SSSR count). The Labute approximate surface area is 154 Å². The maximum absolute atomic E-state index is 6.07. The summed E-state index contributed by atoms with van der Waals surface area (Å²) >= 11 is 5.36. The van der Waals surface area contributed by atoms with Gasteiger partial charge >= 0.3 is 0 Å². The van der Waals surface area contributed by atoms with Crippen molar-refractivity contribution in [3.8, 4) is 5.75 Å². The van der Waals surface area contributed by atoms with E-state index in [0.29, 0.717) is 12.5 Å². The van der Waals surface area contributed by atoms with Gasteiger partial charge in [-0.25, -0.2) is 0 Å². The minimum Gasteiger partial charge on any atom is -0.493 e. The van der Waals surface area contributed by atoms with Gasteiger partial charge in [0.2, 0.25) is 0 Å². The lowest BCUT2D eigenvalue weighted by atomic mass is 9.76. The van der Waals surface area contributed by atoms with E-state index in [-0.39, 0.29) is 11.6 Å². The van der Waals surface area contributed by atoms with Crippen LogP contribution in [0.2, 0.25) is 0 Å². The summed E-state index contributed by atoms with van der Waals surface area (Å²) in [7, 11) is 0. The van der Waals surface area contributed by atoms with Crippen molar-refractivity contribution in [2.75, 3.05) is 11.5 Å². The molecule has 122 valence electrons. The molecule has 0 saturated heterocycles. The molecule has 2 aromatic rings. The van der Waals surface area contributed by atoms with Gasteiger partial charge in [-0.1, -0.05) is 34.1 Å². The number of fused-ring (bicyclic) bond motifs is 6. The molecule has 2 atom stereocenters. The molecule has 2 aromatic carbocycles. The number of amidine groups is 1. The van der Waals surface area contributed by atoms with E-state index < -0.39 is 0 Å². The lowest BCUT2D eigenvalue weighted by molar-refractivity contribution is 0.133. The first-order valence-electron chi connectivity index (χ1n) is 8.13. The van der Waals surface area contributed by atoms with Crippen LogP contribution in [0.25, 0.3) is 0 Å². The average Bonchev–Trinajstić information content (AvgIpc) is 2.92. The fraction of sp³-hybridized carbons (Fsp3) is 0.316. The van der Waals surface area contributed by atoms with Crippen LogP contribution in [-0.4, -0.2) is 17.3 Å². The Morgan fingerprint density at radius 2 is 2.08 bits per heavy atom. The molecule has 0 saturated carbocycles. The van der Waals surface area contributed by atoms with E-state index in [2.05, 4.69) is 71.1 Å². The normalized spacial score (nSPS) is 25.8. The number of nitrogens with zero attached hydrogens (tertiary/aromatic N) is 2. The lowest BCUT2D eigenvalue weighted by Gasteiger charge is -2.50. The highest BCUT2D eigenvalue weighted by Gasteiger charge is 2.51. The number of thioether (sulfide) groups is 1. The minimum absolute atomic E-state index is 0.0542. The molecule has 0 radical (unpaired) electrons. The maximum atomic E-state index is 6.07. The predicted molar refractivity (Wildman–Crippen MR) is 102 cm³/mol. The highest BCUT2D eigenvalue weighted by atomic mass is 79.9. The van der Waals surface area contributed by atoms with Crippen molar-refractivity contribution in [1.82, 2.24) is 0 Å². The summed E-state index contributed by atoms with van der Waals surface area (Å²) in [4.78, 5) is 8.83. The molecule has 0 spiro atoms. The summed E-state index contributed by atoms with van der Waals surface area (Å²) in [5, 5.41) is 1.10. The summed E-state index contributed by atoms with van der Waals surface area (Å²) in [6, 6.07) is 15.0. The van der Waals surface area contributed by atoms with Gasteiger partial charge in [-0.2, -0.15) is 0 Å². The first-order valence-corrected chi connectivity index (χ1v) is 9.74. The van der Waals surface area contributed by atoms with E-state index in [9.17, 15) is 0 Å². The first kappa shape index (κ1) is 14.8. The van der Waals surface area contributed by atoms with Crippen LogP contribution in [-0.2, 0) is 0 Å². The third-order valence-electron chi connectivity index (χ3n) is 5.33. The van der Waals surface area contributed by atoms with Gasteiger partial charge in [-0.15, -0.1) is 0 Å². The Bertz CT molecular complexity index is 879. The van der Waals surface area contributed by atoms with Crippen molar-refractivity contribution in [3.05, 3.63) is 52.5 Å². The number of para-hydroxylation sites is 1. The molecular weight excluding hydrogens is 384 g/mol. The summed E-state index contributed by atoms with van der Waals surface area (Å²) in [5.41, 5.74) is 2.41. The summed E-state index contributed by atoms with van der Waals surface area (Å²) in [6.07, 6.45) is 0. The number of benzene rings is 2. The maximum Gasteiger partial charge on any atom is 0.169 e. The Hall–Kier alpha value is -1.46. The second kappa shape index (κ2) is 5.02. The van der Waals surface area contributed by atoms with Gasteiger partial charge in [0.1, 0.15) is 5.75 Å². The molecule has 0 N–H and O–H groups in total. The summed E-state index contributed by atoms with van der Waals surface area (Å²) < 4.78 is 7.18. The monoisotopic (exact) mass is 400 g/mol. The lowest BCUT2D eigenvalue weighted by Crippen LogP contribution is -2.57. The quantitative estimate of drug-likeness (QED) is 0.602. The van der Waals surface area contributed by atoms with E-state index in [0.717, 1.165) is 15.4 Å². The molecule has 3 aliphatic rings. The zero-order valence-electron chi connectivity index (χ0n) is 13.5. The van der Waals surface area contributed by atoms with Gasteiger partial charge in [0.25, 0.3) is 0 Å². The zero-order chi connectivity index (χ0) is 16.5. The summed E-state index contributed by atoms with van der Waals surface area (Å²) in [5.74, 6) is 1.31. The topological polar surface area (TPSA) is 24.8 Å². The average molecular weight is 401 g/mol. The van der Waals surface area contributed by atoms with Crippen LogP contribution in [0.1, 0.15) is 25.5 Å². The molecule has 0 bridgehead atoms. The fourth-order valence-corrected chi connectivity index (χ4v) is 5.77. The van der Waals surface area contributed by atoms with E-state index in [1.165, 1.54) is 16.1 Å². The Balaban J connectivity index is 1.68. The highest BCUT2D eigenvalue weighted by molar-refractivity contribution is 9.10. The van der Waals surface area contributed by atoms with Crippen LogP contribution in [0, 0.1) is 5.92 Å². The van der Waals surface area contributed by atoms with E-state index in [4.69, 9.17) is 9.73 Å². The van der Waals surface area contributed by atoms with Crippen molar-refractivity contribution in [2.45, 2.75) is 30.3 Å². The molecule has 3 aliphatic heterocycles. The van der Waals surface area contributed by atoms with Crippen molar-refractivity contribution in [3.63, 3.8) is 0 Å². The molecule has 0 fully saturated rings. The largest absolute Gasteiger partial charge is 0.493 e. The first-order chi connectivity index (χ1) is 11.6. The van der Waals surface area contributed by atoms with Crippen LogP contribution in [0.15, 0.2) is 56.8 Å². The SMILES string of the molecule is CC1(C)[C@H]2COc3ccccc3[C@@H]2N=C2Sc3cc(Br)ccc3N21. The van der Waals surface area contributed by atoms with Gasteiger partial charge in [-0.05, 0) is 49.9 Å². The van der Waals surface area contributed by atoms with Gasteiger partial charge in [0.05, 0.1) is 18.3 Å². The molecule has 0 unspecified atom stereocenters. The standard InChI is InChI=1S/C19H17BrN2OS/c1-19(2)13-10-23-15-6-4-3-5-12(15)17(13)21-18-22(19)14-8-7-11(20)9-16(14)24-18/h3-9,13,17H,10H2,1-2H3/t13-,17-/m0/s1. The van der Waals surface area contributed by atoms with Crippen LogP contribution < -0.4 is 9.64 Å². The Morgan fingerprint density at radius 1 is 1.25 bits per heavy atom. The molecular formula is C19H17BrN2OS. The zero-order valence-corrected chi connectivity index (χ0v) is 15.9. The minimum atomic E-state index is -0.0542. The molecule has 0 amide bonds. The third-order valence-corrected chi connectivity index (χ3v) is 6.84. The number of hydrogen-bond acceptors (Lipinski definition) is 4. The van der Waals surface area contributed by atoms with E-state index in [1.54, 1.807) is 11.8 Å². The number of ether oxygens (including phenoxy) is 1. The number of halogens is 1. The van der Waals surface area contributed by atoms with Crippen LogP contribution >= 0.6 is 27.7 Å². The third kappa shape index (κ3) is 1.94. The van der Waals surface area contributed by atoms with Gasteiger partial charge in [-0.3, -0.25) is 4.99 Å². The van der Waals surface area contributed by atoms with Crippen LogP contribution in [0.3, 0.4) is 0 Å². The van der Waals surface area contributed by atoms with E-state index >= 15 is 0 Å². The van der Waals surface area contributed by atoms with E-state index in [1.807, 2.05) is 6.07 Å². The van der Waals surface area contributed by atoms with Crippen molar-refractivity contribution in [2.24, 2.45) is 10.9 Å². The number of aliphatic imine (C=N–C) groups is 1. The second-order valence-electron chi connectivity index (χ2n) is 7.02. The molecule has 5 heteroatoms.